The largest absolute Gasteiger partial charge is 0.495 e. The number of carbonyl (C=O) groups excluding carboxylic acids is 1. The van der Waals surface area contributed by atoms with Crippen molar-refractivity contribution in [3.63, 3.8) is 0 Å². The Balaban J connectivity index is 1.68. The molecule has 26 heavy (non-hydrogen) atoms. The number of ether oxygens (including phenoxy) is 1. The summed E-state index contributed by atoms with van der Waals surface area (Å²) in [5.41, 5.74) is 1.00. The number of thioether (sulfide) groups is 1. The summed E-state index contributed by atoms with van der Waals surface area (Å²) in [6.07, 6.45) is 0. The van der Waals surface area contributed by atoms with E-state index in [0.717, 1.165) is 15.9 Å². The molecule has 7 nitrogen and oxygen atoms in total. The lowest BCUT2D eigenvalue weighted by Gasteiger charge is -2.10. The summed E-state index contributed by atoms with van der Waals surface area (Å²) in [6.45, 7) is 0. The van der Waals surface area contributed by atoms with Gasteiger partial charge in [0.05, 0.1) is 34.0 Å². The molecule has 0 bridgehead atoms. The Morgan fingerprint density at radius 3 is 2.81 bits per heavy atom. The molecule has 1 N–H and O–H groups in total. The number of hydrogen-bond acceptors (Lipinski definition) is 6. The second-order valence-electron chi connectivity index (χ2n) is 5.32. The number of nitro benzene ring substituents is 1. The van der Waals surface area contributed by atoms with Gasteiger partial charge in [0, 0.05) is 17.5 Å². The van der Waals surface area contributed by atoms with Crippen LogP contribution in [-0.4, -0.2) is 28.7 Å². The topological polar surface area (TPSA) is 94.4 Å². The normalized spacial score (nSPS) is 10.5. The molecule has 1 heterocycles. The van der Waals surface area contributed by atoms with Gasteiger partial charge >= 0.3 is 0 Å². The van der Waals surface area contributed by atoms with E-state index in [9.17, 15) is 14.9 Å². The lowest BCUT2D eigenvalue weighted by molar-refractivity contribution is -0.384. The van der Waals surface area contributed by atoms with Gasteiger partial charge in [0.1, 0.15) is 5.75 Å². The summed E-state index contributed by atoms with van der Waals surface area (Å²) in [4.78, 5) is 27.1. The highest BCUT2D eigenvalue weighted by Gasteiger charge is 2.14. The number of methoxy groups -OCH3 is 1. The Kier molecular flexibility index (Phi) is 5.33. The molecule has 0 saturated heterocycles. The fourth-order valence-corrected chi connectivity index (χ4v) is 3.04. The van der Waals surface area contributed by atoms with Gasteiger partial charge in [-0.3, -0.25) is 14.9 Å². The van der Waals surface area contributed by atoms with Crippen LogP contribution in [0.2, 0.25) is 0 Å². The SMILES string of the molecule is COc1ccc([N+](=O)[O-])cc1NC(=O)CSc1ccc2ccccc2n1. The zero-order valence-electron chi connectivity index (χ0n) is 13.8. The standard InChI is InChI=1S/C18H15N3O4S/c1-25-16-8-7-13(21(23)24)10-15(16)19-17(22)11-26-18-9-6-12-4-2-3-5-14(12)20-18/h2-10H,11H2,1H3,(H,19,22). The third-order valence-corrected chi connectivity index (χ3v) is 4.52. The maximum absolute atomic E-state index is 12.2. The van der Waals surface area contributed by atoms with Crippen molar-refractivity contribution in [2.45, 2.75) is 5.03 Å². The van der Waals surface area contributed by atoms with Crippen LogP contribution in [0.4, 0.5) is 11.4 Å². The first-order chi connectivity index (χ1) is 12.6. The number of hydrogen-bond donors (Lipinski definition) is 1. The summed E-state index contributed by atoms with van der Waals surface area (Å²) < 4.78 is 5.14. The van der Waals surface area contributed by atoms with Crippen molar-refractivity contribution in [3.05, 3.63) is 64.7 Å². The van der Waals surface area contributed by atoms with Gasteiger partial charge in [-0.1, -0.05) is 36.0 Å². The second kappa shape index (κ2) is 7.83. The zero-order valence-corrected chi connectivity index (χ0v) is 14.7. The number of fused-ring (bicyclic) bond motifs is 1. The maximum Gasteiger partial charge on any atom is 0.271 e. The highest BCUT2D eigenvalue weighted by molar-refractivity contribution is 7.99. The van der Waals surface area contributed by atoms with E-state index in [4.69, 9.17) is 4.74 Å². The predicted octanol–water partition coefficient (Wildman–Crippen LogP) is 3.88. The minimum absolute atomic E-state index is 0.120. The molecule has 0 radical (unpaired) electrons. The average Bonchev–Trinajstić information content (AvgIpc) is 2.66. The number of anilines is 1. The number of nitrogens with zero attached hydrogens (tertiary/aromatic N) is 2. The van der Waals surface area contributed by atoms with E-state index in [-0.39, 0.29) is 23.0 Å². The minimum atomic E-state index is -0.525. The first-order valence-corrected chi connectivity index (χ1v) is 8.66. The van der Waals surface area contributed by atoms with Crippen LogP contribution in [0.25, 0.3) is 10.9 Å². The van der Waals surface area contributed by atoms with Gasteiger partial charge in [0.25, 0.3) is 5.69 Å². The van der Waals surface area contributed by atoms with Gasteiger partial charge in [-0.2, -0.15) is 0 Å². The Bertz CT molecular complexity index is 978. The zero-order chi connectivity index (χ0) is 18.5. The number of para-hydroxylation sites is 1. The molecular weight excluding hydrogens is 354 g/mol. The molecule has 1 aromatic heterocycles. The molecule has 0 saturated carbocycles. The Morgan fingerprint density at radius 2 is 2.04 bits per heavy atom. The highest BCUT2D eigenvalue weighted by atomic mass is 32.2. The van der Waals surface area contributed by atoms with Gasteiger partial charge in [0.15, 0.2) is 0 Å². The van der Waals surface area contributed by atoms with Crippen molar-refractivity contribution in [1.29, 1.82) is 0 Å². The summed E-state index contributed by atoms with van der Waals surface area (Å²) >= 11 is 1.29. The predicted molar refractivity (Wildman–Crippen MR) is 101 cm³/mol. The van der Waals surface area contributed by atoms with Crippen molar-refractivity contribution < 1.29 is 14.5 Å². The third kappa shape index (κ3) is 4.09. The highest BCUT2D eigenvalue weighted by Crippen LogP contribution is 2.29. The second-order valence-corrected chi connectivity index (χ2v) is 6.32. The molecule has 8 heteroatoms. The Hall–Kier alpha value is -3.13. The molecule has 132 valence electrons. The van der Waals surface area contributed by atoms with E-state index >= 15 is 0 Å². The van der Waals surface area contributed by atoms with Crippen LogP contribution in [0.3, 0.4) is 0 Å². The van der Waals surface area contributed by atoms with E-state index in [1.807, 2.05) is 36.4 Å². The summed E-state index contributed by atoms with van der Waals surface area (Å²) in [7, 11) is 1.44. The monoisotopic (exact) mass is 369 g/mol. The number of nitrogens with one attached hydrogen (secondary N) is 1. The molecule has 0 spiro atoms. The van der Waals surface area contributed by atoms with Crippen molar-refractivity contribution in [3.8, 4) is 5.75 Å². The molecule has 3 rings (SSSR count). The number of pyridine rings is 1. The van der Waals surface area contributed by atoms with Crippen LogP contribution >= 0.6 is 11.8 Å². The maximum atomic E-state index is 12.2. The van der Waals surface area contributed by atoms with E-state index in [2.05, 4.69) is 10.3 Å². The van der Waals surface area contributed by atoms with E-state index < -0.39 is 4.92 Å². The summed E-state index contributed by atoms with van der Waals surface area (Å²) in [5, 5.41) is 15.3. The van der Waals surface area contributed by atoms with Gasteiger partial charge in [-0.05, 0) is 18.2 Å². The molecule has 0 fully saturated rings. The minimum Gasteiger partial charge on any atom is -0.495 e. The van der Waals surface area contributed by atoms with Crippen molar-refractivity contribution >= 4 is 39.9 Å². The van der Waals surface area contributed by atoms with Crippen LogP contribution in [0.15, 0.2) is 59.6 Å². The fourth-order valence-electron chi connectivity index (χ4n) is 2.36. The average molecular weight is 369 g/mol. The van der Waals surface area contributed by atoms with Gasteiger partial charge in [0.2, 0.25) is 5.91 Å². The third-order valence-electron chi connectivity index (χ3n) is 3.59. The molecule has 0 aliphatic heterocycles. The molecule has 2 aromatic carbocycles. The molecule has 0 unspecified atom stereocenters. The van der Waals surface area contributed by atoms with Crippen molar-refractivity contribution in [2.75, 3.05) is 18.2 Å². The van der Waals surface area contributed by atoms with Gasteiger partial charge in [-0.15, -0.1) is 0 Å². The molecule has 0 aliphatic rings. The van der Waals surface area contributed by atoms with Crippen LogP contribution in [0.1, 0.15) is 0 Å². The van der Waals surface area contributed by atoms with E-state index in [0.29, 0.717) is 5.75 Å². The van der Waals surface area contributed by atoms with Gasteiger partial charge in [-0.25, -0.2) is 4.98 Å². The summed E-state index contributed by atoms with van der Waals surface area (Å²) in [6, 6.07) is 15.6. The first-order valence-electron chi connectivity index (χ1n) is 7.67. The van der Waals surface area contributed by atoms with E-state index in [1.54, 1.807) is 0 Å². The fraction of sp³-hybridized carbons (Fsp3) is 0.111. The van der Waals surface area contributed by atoms with Crippen LogP contribution in [0, 0.1) is 10.1 Å². The molecular formula is C18H15N3O4S. The first kappa shape index (κ1) is 17.7. The van der Waals surface area contributed by atoms with E-state index in [1.165, 1.54) is 37.1 Å². The molecule has 1 amide bonds. The van der Waals surface area contributed by atoms with Crippen LogP contribution in [-0.2, 0) is 4.79 Å². The van der Waals surface area contributed by atoms with Crippen LogP contribution < -0.4 is 10.1 Å². The molecule has 3 aromatic rings. The number of carbonyl (C=O) groups is 1. The summed E-state index contributed by atoms with van der Waals surface area (Å²) in [5.74, 6) is 0.179. The number of amides is 1. The number of nitro groups is 1. The Morgan fingerprint density at radius 1 is 1.23 bits per heavy atom. The smallest absolute Gasteiger partial charge is 0.271 e. The molecule has 0 atom stereocenters. The number of non-ortho nitro benzene ring substituents is 1. The lowest BCUT2D eigenvalue weighted by Crippen LogP contribution is -2.15. The lowest BCUT2D eigenvalue weighted by atomic mass is 10.2. The number of rotatable bonds is 6. The molecule has 0 aliphatic carbocycles. The Labute approximate surface area is 153 Å². The van der Waals surface area contributed by atoms with Gasteiger partial charge < -0.3 is 10.1 Å². The number of aromatic nitrogens is 1. The van der Waals surface area contributed by atoms with Crippen molar-refractivity contribution in [2.24, 2.45) is 0 Å². The van der Waals surface area contributed by atoms with Crippen LogP contribution in [0.5, 0.6) is 5.75 Å². The van der Waals surface area contributed by atoms with Crippen molar-refractivity contribution in [1.82, 2.24) is 4.98 Å². The quantitative estimate of drug-likeness (QED) is 0.402. The number of benzene rings is 2.